The van der Waals surface area contributed by atoms with Crippen LogP contribution in [0.4, 0.5) is 4.79 Å². The van der Waals surface area contributed by atoms with Crippen LogP contribution in [0.5, 0.6) is 0 Å². The zero-order chi connectivity index (χ0) is 37.1. The van der Waals surface area contributed by atoms with Crippen molar-refractivity contribution in [2.24, 2.45) is 11.3 Å². The summed E-state index contributed by atoms with van der Waals surface area (Å²) >= 11 is 0. The van der Waals surface area contributed by atoms with Crippen molar-refractivity contribution in [1.29, 1.82) is 0 Å². The lowest BCUT2D eigenvalue weighted by Crippen LogP contribution is -3.19. The van der Waals surface area contributed by atoms with Gasteiger partial charge in [-0.25, -0.2) is 9.10 Å². The molecule has 0 bridgehead atoms. The first kappa shape index (κ1) is 40.0. The van der Waals surface area contributed by atoms with Crippen molar-refractivity contribution in [3.05, 3.63) is 0 Å². The number of nitrogens with one attached hydrogen (secondary N) is 5. The number of hydrogen-bond donors (Lipinski definition) is 5. The summed E-state index contributed by atoms with van der Waals surface area (Å²) < 4.78 is 28.1. The number of amides is 5. The van der Waals surface area contributed by atoms with Crippen LogP contribution < -0.4 is 25.6 Å². The average Bonchev–Trinajstić information content (AvgIpc) is 3.98. The van der Waals surface area contributed by atoms with Crippen LogP contribution in [0.3, 0.4) is 0 Å². The van der Waals surface area contributed by atoms with E-state index in [4.69, 9.17) is 0 Å². The molecule has 1 saturated heterocycles. The number of hydrogen-bond acceptors (Lipinski definition) is 7. The number of quaternary nitrogens is 1. The number of sulfonamides is 1. The lowest BCUT2D eigenvalue weighted by Gasteiger charge is -2.41. The number of carbonyl (C=O) groups is 5. The molecule has 3 saturated carbocycles. The van der Waals surface area contributed by atoms with Gasteiger partial charge >= 0.3 is 6.03 Å². The molecule has 5 N–H and O–H groups in total. The van der Waals surface area contributed by atoms with Gasteiger partial charge in [-0.15, -0.1) is 0 Å². The van der Waals surface area contributed by atoms with Gasteiger partial charge in [0.05, 0.1) is 18.6 Å². The van der Waals surface area contributed by atoms with E-state index in [0.717, 1.165) is 51.4 Å². The van der Waals surface area contributed by atoms with E-state index in [9.17, 15) is 32.4 Å². The molecule has 284 valence electrons. The second-order valence-corrected chi connectivity index (χ2v) is 19.2. The van der Waals surface area contributed by atoms with Gasteiger partial charge in [-0.3, -0.25) is 19.2 Å². The minimum atomic E-state index is -3.65. The van der Waals surface area contributed by atoms with Gasteiger partial charge in [0.2, 0.25) is 17.6 Å². The fourth-order valence-corrected chi connectivity index (χ4v) is 9.89. The predicted octanol–water partition coefficient (Wildman–Crippen LogP) is 1.95. The molecule has 0 spiro atoms. The summed E-state index contributed by atoms with van der Waals surface area (Å²) in [6.07, 6.45) is 9.98. The van der Waals surface area contributed by atoms with Gasteiger partial charge in [-0.2, -0.15) is 8.42 Å². The summed E-state index contributed by atoms with van der Waals surface area (Å²) in [5.74, 6) is -2.13. The van der Waals surface area contributed by atoms with Crippen LogP contribution in [0, 0.1) is 11.3 Å². The molecule has 5 amide bonds. The van der Waals surface area contributed by atoms with Crippen LogP contribution in [0.2, 0.25) is 0 Å². The Hall–Kier alpha value is -2.74. The lowest BCUT2D eigenvalue weighted by atomic mass is 9.83. The minimum Gasteiger partial charge on any atom is -0.347 e. The monoisotopic (exact) mass is 723 g/mol. The van der Waals surface area contributed by atoms with E-state index in [2.05, 4.69) is 21.3 Å². The molecule has 1 aliphatic heterocycles. The Balaban J connectivity index is 1.46. The first-order valence-corrected chi connectivity index (χ1v) is 20.6. The molecule has 4 rings (SSSR count). The number of nitrogens with zero attached hydrogens (tertiary/aromatic N) is 1. The number of ketones is 1. The van der Waals surface area contributed by atoms with Crippen LogP contribution in [-0.4, -0.2) is 97.4 Å². The molecule has 0 aromatic carbocycles. The quantitative estimate of drug-likeness (QED) is 0.151. The summed E-state index contributed by atoms with van der Waals surface area (Å²) in [5, 5.41) is 11.4. The summed E-state index contributed by atoms with van der Waals surface area (Å²) in [5.41, 5.74) is -2.15. The Morgan fingerprint density at radius 3 is 2.10 bits per heavy atom. The lowest BCUT2D eigenvalue weighted by molar-refractivity contribution is -0.807. The fourth-order valence-electron chi connectivity index (χ4n) is 7.61. The molecule has 13 nitrogen and oxygen atoms in total. The maximum atomic E-state index is 14.2. The van der Waals surface area contributed by atoms with Crippen molar-refractivity contribution in [3.8, 4) is 0 Å². The third-order valence-electron chi connectivity index (χ3n) is 11.5. The highest BCUT2D eigenvalue weighted by Gasteiger charge is 2.51. The van der Waals surface area contributed by atoms with Crippen molar-refractivity contribution in [3.63, 3.8) is 0 Å². The second-order valence-electron chi connectivity index (χ2n) is 17.1. The van der Waals surface area contributed by atoms with Gasteiger partial charge in [0.1, 0.15) is 23.4 Å². The zero-order valence-electron chi connectivity index (χ0n) is 31.4. The number of rotatable bonds is 16. The molecule has 1 heterocycles. The number of Topliss-reactive ketones (excluding diaryl/α,β-unsaturated/α-hetero) is 1. The summed E-state index contributed by atoms with van der Waals surface area (Å²) in [4.78, 5) is 68.7. The van der Waals surface area contributed by atoms with Gasteiger partial charge in [0, 0.05) is 18.5 Å². The molecule has 4 fully saturated rings. The molecule has 50 heavy (non-hydrogen) atoms. The molecule has 4 atom stereocenters. The van der Waals surface area contributed by atoms with E-state index in [1.165, 1.54) is 4.90 Å². The number of carbonyl (C=O) groups excluding carboxylic acids is 5. The van der Waals surface area contributed by atoms with E-state index in [0.29, 0.717) is 55.3 Å². The Kier molecular flexibility index (Phi) is 12.7. The highest BCUT2D eigenvalue weighted by atomic mass is 32.2. The van der Waals surface area contributed by atoms with Crippen LogP contribution in [-0.2, 0) is 29.2 Å². The maximum absolute atomic E-state index is 14.2. The highest BCUT2D eigenvalue weighted by Crippen LogP contribution is 2.38. The van der Waals surface area contributed by atoms with E-state index >= 15 is 0 Å². The Labute approximate surface area is 299 Å². The van der Waals surface area contributed by atoms with E-state index in [1.54, 1.807) is 7.05 Å². The minimum absolute atomic E-state index is 0.00951. The van der Waals surface area contributed by atoms with Crippen molar-refractivity contribution in [2.75, 3.05) is 19.3 Å². The largest absolute Gasteiger partial charge is 0.347 e. The van der Waals surface area contributed by atoms with Crippen molar-refractivity contribution in [2.45, 2.75) is 167 Å². The standard InChI is InChI=1S/C36H62N6O7S/c1-8-9-14-26(28(43)31(45)37-25-18-19-25)38-30(44)27-15-13-22-42(27)32(46)29(34(2,3)4)39-33(47)40-36(20-11-10-12-21-36)23-50(48,49)41(7)35(5,6)24-16-17-24/h24-27,29H,8-23H2,1-7H3,(H,37,45)(H,38,44)(H2,39,40,47)/p+1/t26?,27-,29+/m0/s1. The van der Waals surface area contributed by atoms with E-state index < -0.39 is 74.2 Å². The molecular formula is C36H63N6O7S+. The van der Waals surface area contributed by atoms with Crippen molar-refractivity contribution in [1.82, 2.24) is 26.2 Å². The van der Waals surface area contributed by atoms with Crippen molar-refractivity contribution >= 4 is 39.6 Å². The predicted molar refractivity (Wildman–Crippen MR) is 191 cm³/mol. The van der Waals surface area contributed by atoms with Gasteiger partial charge in [-0.1, -0.05) is 59.8 Å². The molecule has 0 aromatic rings. The third kappa shape index (κ3) is 9.98. The number of unbranched alkanes of at least 4 members (excludes halogenated alkanes) is 1. The Morgan fingerprint density at radius 2 is 1.54 bits per heavy atom. The topological polar surface area (TPSA) is 175 Å². The number of likely N-dealkylation sites (tertiary alicyclic amines) is 1. The van der Waals surface area contributed by atoms with Crippen LogP contribution in [0.15, 0.2) is 0 Å². The van der Waals surface area contributed by atoms with Gasteiger partial charge in [0.15, 0.2) is 0 Å². The normalized spacial score (nSPS) is 22.9. The fraction of sp³-hybridized carbons (Fsp3) is 0.861. The zero-order valence-corrected chi connectivity index (χ0v) is 32.2. The molecular weight excluding hydrogens is 660 g/mol. The van der Waals surface area contributed by atoms with E-state index in [-0.39, 0.29) is 11.8 Å². The van der Waals surface area contributed by atoms with Gasteiger partial charge in [0.25, 0.3) is 15.9 Å². The summed E-state index contributed by atoms with van der Waals surface area (Å²) in [7, 11) is -1.94. The van der Waals surface area contributed by atoms with Gasteiger partial charge < -0.3 is 26.2 Å². The molecule has 0 aromatic heterocycles. The van der Waals surface area contributed by atoms with Crippen molar-refractivity contribution < 1.29 is 36.7 Å². The first-order chi connectivity index (χ1) is 23.3. The Bertz CT molecular complexity index is 1380. The molecule has 0 radical (unpaired) electrons. The maximum Gasteiger partial charge on any atom is 0.315 e. The summed E-state index contributed by atoms with van der Waals surface area (Å²) in [6.45, 7) is 11.7. The SMILES string of the molecule is CCCCC(NC(=O)[C@@H]1CCCN1C(=O)[C@@H](NC(=O)NC1(CS(=O)(=O)[NH+](C)C(C)(C)C2CC2)CCCCC1)C(C)(C)C)C(=O)C(=O)NC1CC1. The molecule has 2 unspecified atom stereocenters. The first-order valence-electron chi connectivity index (χ1n) is 18.9. The van der Waals surface area contributed by atoms with Crippen LogP contribution in [0.25, 0.3) is 0 Å². The summed E-state index contributed by atoms with van der Waals surface area (Å²) in [6, 6.07) is -3.46. The smallest absolute Gasteiger partial charge is 0.315 e. The third-order valence-corrected chi connectivity index (χ3v) is 13.9. The second kappa shape index (κ2) is 15.9. The molecule has 14 heteroatoms. The van der Waals surface area contributed by atoms with Crippen LogP contribution >= 0.6 is 0 Å². The highest BCUT2D eigenvalue weighted by molar-refractivity contribution is 7.85. The van der Waals surface area contributed by atoms with Crippen LogP contribution in [0.1, 0.15) is 131 Å². The number of urea groups is 1. The van der Waals surface area contributed by atoms with E-state index in [1.807, 2.05) is 41.5 Å². The van der Waals surface area contributed by atoms with Gasteiger partial charge in [-0.05, 0) is 77.0 Å². The molecule has 4 aliphatic rings. The Morgan fingerprint density at radius 1 is 0.900 bits per heavy atom. The average molecular weight is 724 g/mol. The molecule has 3 aliphatic carbocycles.